The summed E-state index contributed by atoms with van der Waals surface area (Å²) in [5.41, 5.74) is -0.544. The van der Waals surface area contributed by atoms with Gasteiger partial charge in [-0.3, -0.25) is 9.89 Å². The Balaban J connectivity index is 1.49. The molecule has 0 bridgehead atoms. The molecule has 6 heteroatoms. The number of morpholine rings is 1. The topological polar surface area (TPSA) is 60.3 Å². The van der Waals surface area contributed by atoms with Gasteiger partial charge in [0, 0.05) is 45.8 Å². The minimum Gasteiger partial charge on any atom is -0.388 e. The van der Waals surface area contributed by atoms with Crippen molar-refractivity contribution in [1.82, 2.24) is 15.1 Å². The van der Waals surface area contributed by atoms with Crippen molar-refractivity contribution < 1.29 is 9.84 Å². The van der Waals surface area contributed by atoms with Crippen molar-refractivity contribution >= 4 is 5.96 Å². The zero-order valence-electron chi connectivity index (χ0n) is 14.5. The van der Waals surface area contributed by atoms with Crippen molar-refractivity contribution in [2.24, 2.45) is 4.99 Å². The normalized spacial score (nSPS) is 29.7. The summed E-state index contributed by atoms with van der Waals surface area (Å²) in [6.45, 7) is 6.50. The Labute approximate surface area is 139 Å². The molecule has 0 radical (unpaired) electrons. The number of likely N-dealkylation sites (tertiary alicyclic amines) is 1. The molecule has 2 N–H and O–H groups in total. The Kier molecular flexibility index (Phi) is 5.77. The van der Waals surface area contributed by atoms with E-state index in [0.717, 1.165) is 71.0 Å². The SMILES string of the molecule is CN=C(NCC1(O)CCCCC1)N1CCC(N2CCOCC2)C1. The molecule has 3 fully saturated rings. The van der Waals surface area contributed by atoms with Gasteiger partial charge >= 0.3 is 0 Å². The Morgan fingerprint density at radius 3 is 2.65 bits per heavy atom. The quantitative estimate of drug-likeness (QED) is 0.590. The smallest absolute Gasteiger partial charge is 0.193 e. The molecule has 3 rings (SSSR count). The van der Waals surface area contributed by atoms with E-state index in [1.54, 1.807) is 0 Å². The van der Waals surface area contributed by atoms with Crippen molar-refractivity contribution in [2.75, 3.05) is 53.0 Å². The first kappa shape index (κ1) is 17.0. The summed E-state index contributed by atoms with van der Waals surface area (Å²) >= 11 is 0. The third-order valence-corrected chi connectivity index (χ3v) is 5.60. The van der Waals surface area contributed by atoms with Crippen LogP contribution in [0.5, 0.6) is 0 Å². The highest BCUT2D eigenvalue weighted by atomic mass is 16.5. The van der Waals surface area contributed by atoms with Crippen molar-refractivity contribution in [3.63, 3.8) is 0 Å². The van der Waals surface area contributed by atoms with E-state index in [2.05, 4.69) is 20.1 Å². The Morgan fingerprint density at radius 1 is 1.22 bits per heavy atom. The second-order valence-electron chi connectivity index (χ2n) is 7.22. The molecule has 6 nitrogen and oxygen atoms in total. The zero-order chi connectivity index (χ0) is 16.1. The fraction of sp³-hybridized carbons (Fsp3) is 0.941. The third-order valence-electron chi connectivity index (χ3n) is 5.60. The molecule has 0 spiro atoms. The molecule has 2 heterocycles. The lowest BCUT2D eigenvalue weighted by Gasteiger charge is -2.34. The van der Waals surface area contributed by atoms with Crippen LogP contribution in [0.1, 0.15) is 38.5 Å². The molecule has 132 valence electrons. The van der Waals surface area contributed by atoms with Gasteiger partial charge in [-0.2, -0.15) is 0 Å². The fourth-order valence-electron chi connectivity index (χ4n) is 4.14. The van der Waals surface area contributed by atoms with Gasteiger partial charge in [0.1, 0.15) is 0 Å². The molecule has 1 aliphatic carbocycles. The van der Waals surface area contributed by atoms with Crippen LogP contribution < -0.4 is 5.32 Å². The highest BCUT2D eigenvalue weighted by molar-refractivity contribution is 5.80. The van der Waals surface area contributed by atoms with Crippen LogP contribution >= 0.6 is 0 Å². The molecular weight excluding hydrogens is 292 g/mol. The molecular formula is C17H32N4O2. The van der Waals surface area contributed by atoms with E-state index in [1.165, 1.54) is 12.8 Å². The Morgan fingerprint density at radius 2 is 1.96 bits per heavy atom. The molecule has 0 aromatic carbocycles. The molecule has 1 unspecified atom stereocenters. The van der Waals surface area contributed by atoms with Crippen molar-refractivity contribution in [3.8, 4) is 0 Å². The van der Waals surface area contributed by atoms with Gasteiger partial charge in [-0.15, -0.1) is 0 Å². The standard InChI is InChI=1S/C17H32N4O2/c1-18-16(19-14-17(22)6-3-2-4-7-17)21-8-5-15(13-21)20-9-11-23-12-10-20/h15,22H,2-14H2,1H3,(H,18,19). The molecule has 1 saturated carbocycles. The van der Waals surface area contributed by atoms with Gasteiger partial charge in [0.2, 0.25) is 0 Å². The third kappa shape index (κ3) is 4.37. The second-order valence-corrected chi connectivity index (χ2v) is 7.22. The zero-order valence-corrected chi connectivity index (χ0v) is 14.5. The largest absolute Gasteiger partial charge is 0.388 e. The van der Waals surface area contributed by atoms with Crippen LogP contribution in [0.2, 0.25) is 0 Å². The van der Waals surface area contributed by atoms with Crippen LogP contribution in [0.4, 0.5) is 0 Å². The number of hydrogen-bond donors (Lipinski definition) is 2. The lowest BCUT2D eigenvalue weighted by atomic mass is 9.85. The first-order valence-electron chi connectivity index (χ1n) is 9.20. The van der Waals surface area contributed by atoms with Crippen LogP contribution in [-0.4, -0.2) is 85.5 Å². The summed E-state index contributed by atoms with van der Waals surface area (Å²) in [6.07, 6.45) is 6.54. The maximum atomic E-state index is 10.7. The molecule has 3 aliphatic rings. The number of aliphatic hydroxyl groups is 1. The monoisotopic (exact) mass is 324 g/mol. The number of aliphatic imine (C=N–C) groups is 1. The number of nitrogens with zero attached hydrogens (tertiary/aromatic N) is 3. The highest BCUT2D eigenvalue weighted by Crippen LogP contribution is 2.27. The van der Waals surface area contributed by atoms with Crippen molar-refractivity contribution in [3.05, 3.63) is 0 Å². The summed E-state index contributed by atoms with van der Waals surface area (Å²) < 4.78 is 5.45. The van der Waals surface area contributed by atoms with Gasteiger partial charge in [0.25, 0.3) is 0 Å². The maximum Gasteiger partial charge on any atom is 0.193 e. The van der Waals surface area contributed by atoms with Gasteiger partial charge in [-0.25, -0.2) is 0 Å². The first-order valence-corrected chi connectivity index (χ1v) is 9.20. The fourth-order valence-corrected chi connectivity index (χ4v) is 4.14. The molecule has 2 saturated heterocycles. The predicted molar refractivity (Wildman–Crippen MR) is 91.8 cm³/mol. The van der Waals surface area contributed by atoms with Crippen molar-refractivity contribution in [1.29, 1.82) is 0 Å². The molecule has 0 aromatic heterocycles. The van der Waals surface area contributed by atoms with E-state index in [9.17, 15) is 5.11 Å². The van der Waals surface area contributed by atoms with E-state index in [0.29, 0.717) is 12.6 Å². The number of guanidine groups is 1. The van der Waals surface area contributed by atoms with Crippen molar-refractivity contribution in [2.45, 2.75) is 50.2 Å². The van der Waals surface area contributed by atoms with Crippen LogP contribution in [0.15, 0.2) is 4.99 Å². The van der Waals surface area contributed by atoms with Gasteiger partial charge < -0.3 is 20.1 Å². The average molecular weight is 324 g/mol. The Bertz CT molecular complexity index is 403. The molecule has 0 amide bonds. The Hall–Kier alpha value is -0.850. The number of rotatable bonds is 3. The summed E-state index contributed by atoms with van der Waals surface area (Å²) in [5, 5.41) is 14.1. The first-order chi connectivity index (χ1) is 11.2. The van der Waals surface area contributed by atoms with E-state index < -0.39 is 5.60 Å². The average Bonchev–Trinajstić information content (AvgIpc) is 3.07. The lowest BCUT2D eigenvalue weighted by Crippen LogP contribution is -2.50. The molecule has 23 heavy (non-hydrogen) atoms. The van der Waals surface area contributed by atoms with Gasteiger partial charge in [0.05, 0.1) is 18.8 Å². The predicted octanol–water partition coefficient (Wildman–Crippen LogP) is 0.664. The summed E-state index contributed by atoms with van der Waals surface area (Å²) in [4.78, 5) is 9.33. The summed E-state index contributed by atoms with van der Waals surface area (Å²) in [7, 11) is 1.84. The molecule has 2 aliphatic heterocycles. The van der Waals surface area contributed by atoms with Gasteiger partial charge in [-0.1, -0.05) is 19.3 Å². The van der Waals surface area contributed by atoms with Crippen LogP contribution in [0, 0.1) is 0 Å². The second kappa shape index (κ2) is 7.81. The van der Waals surface area contributed by atoms with Crippen LogP contribution in [-0.2, 0) is 4.74 Å². The van der Waals surface area contributed by atoms with E-state index >= 15 is 0 Å². The van der Waals surface area contributed by atoms with E-state index in [4.69, 9.17) is 4.74 Å². The van der Waals surface area contributed by atoms with Gasteiger partial charge in [0.15, 0.2) is 5.96 Å². The van der Waals surface area contributed by atoms with E-state index in [-0.39, 0.29) is 0 Å². The highest BCUT2D eigenvalue weighted by Gasteiger charge is 2.32. The minimum atomic E-state index is -0.544. The maximum absolute atomic E-state index is 10.7. The van der Waals surface area contributed by atoms with E-state index in [1.807, 2.05) is 7.05 Å². The minimum absolute atomic E-state index is 0.544. The number of hydrogen-bond acceptors (Lipinski definition) is 4. The number of ether oxygens (including phenoxy) is 1. The number of nitrogens with one attached hydrogen (secondary N) is 1. The lowest BCUT2D eigenvalue weighted by molar-refractivity contribution is 0.00799. The van der Waals surface area contributed by atoms with Crippen LogP contribution in [0.25, 0.3) is 0 Å². The van der Waals surface area contributed by atoms with Gasteiger partial charge in [-0.05, 0) is 19.3 Å². The molecule has 1 atom stereocenters. The summed E-state index contributed by atoms with van der Waals surface area (Å²) in [6, 6.07) is 0.607. The molecule has 0 aromatic rings. The summed E-state index contributed by atoms with van der Waals surface area (Å²) in [5.74, 6) is 0.944. The van der Waals surface area contributed by atoms with Crippen LogP contribution in [0.3, 0.4) is 0 Å².